The molecule has 0 bridgehead atoms. The number of carbonyl (C=O) groups excluding carboxylic acids is 1. The van der Waals surface area contributed by atoms with Crippen LogP contribution in [0.4, 0.5) is 0 Å². The minimum atomic E-state index is 0.157. The van der Waals surface area contributed by atoms with Crippen molar-refractivity contribution in [2.24, 2.45) is 11.8 Å². The van der Waals surface area contributed by atoms with Crippen LogP contribution in [-0.2, 0) is 4.79 Å². The number of halogens is 1. The summed E-state index contributed by atoms with van der Waals surface area (Å²) in [6.07, 6.45) is 6.08. The number of aliphatic hydroxyl groups excluding tert-OH is 1. The number of rotatable bonds is 7. The summed E-state index contributed by atoms with van der Waals surface area (Å²) in [5, 5.41) is 13.1. The zero-order chi connectivity index (χ0) is 11.8. The highest BCUT2D eigenvalue weighted by Gasteiger charge is 2.26. The zero-order valence-corrected chi connectivity index (χ0v) is 11.3. The molecule has 0 spiro atoms. The molecule has 16 heavy (non-hydrogen) atoms. The SMILES string of the molecule is O=C(CCCCBr)NCC1CCCC1CO. The van der Waals surface area contributed by atoms with Crippen LogP contribution in [0, 0.1) is 11.8 Å². The molecule has 0 aromatic carbocycles. The molecule has 1 aliphatic rings. The first-order valence-electron chi connectivity index (χ1n) is 6.21. The minimum absolute atomic E-state index is 0.157. The molecular weight excluding hydrogens is 270 g/mol. The van der Waals surface area contributed by atoms with Gasteiger partial charge in [0.2, 0.25) is 5.91 Å². The zero-order valence-electron chi connectivity index (χ0n) is 9.75. The number of carbonyl (C=O) groups is 1. The highest BCUT2D eigenvalue weighted by Crippen LogP contribution is 2.30. The fraction of sp³-hybridized carbons (Fsp3) is 0.917. The fourth-order valence-corrected chi connectivity index (χ4v) is 2.73. The maximum atomic E-state index is 11.5. The molecule has 1 fully saturated rings. The molecule has 2 atom stereocenters. The Labute approximate surface area is 106 Å². The van der Waals surface area contributed by atoms with E-state index in [2.05, 4.69) is 21.2 Å². The summed E-state index contributed by atoms with van der Waals surface area (Å²) in [6, 6.07) is 0. The molecular formula is C12H22BrNO2. The number of aliphatic hydroxyl groups is 1. The van der Waals surface area contributed by atoms with E-state index < -0.39 is 0 Å². The van der Waals surface area contributed by atoms with Gasteiger partial charge in [0.25, 0.3) is 0 Å². The lowest BCUT2D eigenvalue weighted by atomic mass is 9.97. The van der Waals surface area contributed by atoms with Gasteiger partial charge in [0, 0.05) is 24.9 Å². The molecule has 1 amide bonds. The Bertz CT molecular complexity index is 211. The molecule has 4 heteroatoms. The van der Waals surface area contributed by atoms with E-state index in [-0.39, 0.29) is 12.5 Å². The average Bonchev–Trinajstić information content (AvgIpc) is 2.74. The van der Waals surface area contributed by atoms with Gasteiger partial charge in [-0.25, -0.2) is 0 Å². The van der Waals surface area contributed by atoms with Crippen molar-refractivity contribution in [1.29, 1.82) is 0 Å². The Hall–Kier alpha value is -0.0900. The Kier molecular flexibility index (Phi) is 7.05. The van der Waals surface area contributed by atoms with Gasteiger partial charge in [0.1, 0.15) is 0 Å². The van der Waals surface area contributed by atoms with E-state index in [9.17, 15) is 4.79 Å². The highest BCUT2D eigenvalue weighted by molar-refractivity contribution is 9.09. The maximum Gasteiger partial charge on any atom is 0.220 e. The Morgan fingerprint density at radius 3 is 2.75 bits per heavy atom. The highest BCUT2D eigenvalue weighted by atomic mass is 79.9. The Morgan fingerprint density at radius 1 is 1.31 bits per heavy atom. The van der Waals surface area contributed by atoms with Crippen LogP contribution in [0.1, 0.15) is 38.5 Å². The van der Waals surface area contributed by atoms with Gasteiger partial charge >= 0.3 is 0 Å². The summed E-state index contributed by atoms with van der Waals surface area (Å²) in [6.45, 7) is 1.02. The van der Waals surface area contributed by atoms with Crippen LogP contribution >= 0.6 is 15.9 Å². The van der Waals surface area contributed by atoms with Crippen molar-refractivity contribution < 1.29 is 9.90 Å². The van der Waals surface area contributed by atoms with E-state index in [4.69, 9.17) is 5.11 Å². The van der Waals surface area contributed by atoms with Gasteiger partial charge in [0.15, 0.2) is 0 Å². The van der Waals surface area contributed by atoms with Gasteiger partial charge < -0.3 is 10.4 Å². The van der Waals surface area contributed by atoms with Crippen molar-refractivity contribution >= 4 is 21.8 Å². The summed E-state index contributed by atoms with van der Waals surface area (Å²) in [5.41, 5.74) is 0. The number of alkyl halides is 1. The van der Waals surface area contributed by atoms with Crippen LogP contribution in [0.2, 0.25) is 0 Å². The molecule has 0 saturated heterocycles. The molecule has 0 heterocycles. The number of hydrogen-bond acceptors (Lipinski definition) is 2. The first kappa shape index (κ1) is 14.0. The summed E-state index contributed by atoms with van der Waals surface area (Å²) < 4.78 is 0. The third-order valence-electron chi connectivity index (χ3n) is 3.40. The van der Waals surface area contributed by atoms with Crippen molar-refractivity contribution in [2.75, 3.05) is 18.5 Å². The standard InChI is InChI=1S/C12H22BrNO2/c13-7-2-1-6-12(16)14-8-10-4-3-5-11(10)9-15/h10-11,15H,1-9H2,(H,14,16). The normalized spacial score (nSPS) is 24.6. The first-order chi connectivity index (χ1) is 7.77. The van der Waals surface area contributed by atoms with Gasteiger partial charge in [-0.15, -0.1) is 0 Å². The van der Waals surface area contributed by atoms with Crippen molar-refractivity contribution in [2.45, 2.75) is 38.5 Å². The Balaban J connectivity index is 2.11. The molecule has 1 aliphatic carbocycles. The smallest absolute Gasteiger partial charge is 0.220 e. The van der Waals surface area contributed by atoms with Crippen LogP contribution in [0.5, 0.6) is 0 Å². The lowest BCUT2D eigenvalue weighted by Crippen LogP contribution is -2.31. The van der Waals surface area contributed by atoms with Gasteiger partial charge in [-0.2, -0.15) is 0 Å². The molecule has 0 aliphatic heterocycles. The number of nitrogens with one attached hydrogen (secondary N) is 1. The maximum absolute atomic E-state index is 11.5. The molecule has 0 radical (unpaired) electrons. The van der Waals surface area contributed by atoms with Crippen molar-refractivity contribution in [3.63, 3.8) is 0 Å². The Morgan fingerprint density at radius 2 is 2.06 bits per heavy atom. The third kappa shape index (κ3) is 4.83. The molecule has 2 unspecified atom stereocenters. The van der Waals surface area contributed by atoms with E-state index in [0.717, 1.165) is 37.6 Å². The van der Waals surface area contributed by atoms with E-state index in [1.54, 1.807) is 0 Å². The van der Waals surface area contributed by atoms with E-state index >= 15 is 0 Å². The minimum Gasteiger partial charge on any atom is -0.396 e. The average molecular weight is 292 g/mol. The fourth-order valence-electron chi connectivity index (χ4n) is 2.34. The molecule has 1 saturated carbocycles. The molecule has 2 N–H and O–H groups in total. The van der Waals surface area contributed by atoms with Gasteiger partial charge in [0.05, 0.1) is 0 Å². The third-order valence-corrected chi connectivity index (χ3v) is 3.96. The van der Waals surface area contributed by atoms with E-state index in [0.29, 0.717) is 18.3 Å². The van der Waals surface area contributed by atoms with Crippen LogP contribution in [0.3, 0.4) is 0 Å². The van der Waals surface area contributed by atoms with Gasteiger partial charge in [-0.05, 0) is 37.5 Å². The van der Waals surface area contributed by atoms with Crippen LogP contribution in [0.15, 0.2) is 0 Å². The molecule has 0 aromatic rings. The lowest BCUT2D eigenvalue weighted by Gasteiger charge is -2.17. The summed E-state index contributed by atoms with van der Waals surface area (Å²) in [4.78, 5) is 11.5. The van der Waals surface area contributed by atoms with Crippen molar-refractivity contribution in [1.82, 2.24) is 5.32 Å². The predicted octanol–water partition coefficient (Wildman–Crippen LogP) is 2.08. The second kappa shape index (κ2) is 8.07. The topological polar surface area (TPSA) is 49.3 Å². The molecule has 94 valence electrons. The quantitative estimate of drug-likeness (QED) is 0.557. The summed E-state index contributed by atoms with van der Waals surface area (Å²) >= 11 is 3.35. The molecule has 3 nitrogen and oxygen atoms in total. The first-order valence-corrected chi connectivity index (χ1v) is 7.33. The summed E-state index contributed by atoms with van der Waals surface area (Å²) in [5.74, 6) is 1.05. The second-order valence-corrected chi connectivity index (χ2v) is 5.38. The monoisotopic (exact) mass is 291 g/mol. The van der Waals surface area contributed by atoms with E-state index in [1.165, 1.54) is 6.42 Å². The molecule has 0 aromatic heterocycles. The lowest BCUT2D eigenvalue weighted by molar-refractivity contribution is -0.121. The van der Waals surface area contributed by atoms with Crippen LogP contribution in [0.25, 0.3) is 0 Å². The van der Waals surface area contributed by atoms with Crippen molar-refractivity contribution in [3.8, 4) is 0 Å². The number of hydrogen-bond donors (Lipinski definition) is 2. The molecule has 1 rings (SSSR count). The van der Waals surface area contributed by atoms with Crippen molar-refractivity contribution in [3.05, 3.63) is 0 Å². The van der Waals surface area contributed by atoms with E-state index in [1.807, 2.05) is 0 Å². The summed E-state index contributed by atoms with van der Waals surface area (Å²) in [7, 11) is 0. The second-order valence-electron chi connectivity index (χ2n) is 4.58. The van der Waals surface area contributed by atoms with Gasteiger partial charge in [-0.1, -0.05) is 22.4 Å². The van der Waals surface area contributed by atoms with Crippen LogP contribution < -0.4 is 5.32 Å². The van der Waals surface area contributed by atoms with Crippen LogP contribution in [-0.4, -0.2) is 29.5 Å². The van der Waals surface area contributed by atoms with Gasteiger partial charge in [-0.3, -0.25) is 4.79 Å². The number of unbranched alkanes of at least 4 members (excludes halogenated alkanes) is 1. The largest absolute Gasteiger partial charge is 0.396 e. The predicted molar refractivity (Wildman–Crippen MR) is 68.6 cm³/mol. The number of amides is 1.